The second-order valence-electron chi connectivity index (χ2n) is 4.13. The van der Waals surface area contributed by atoms with E-state index in [4.69, 9.17) is 0 Å². The lowest BCUT2D eigenvalue weighted by Crippen LogP contribution is -2.24. The van der Waals surface area contributed by atoms with Gasteiger partial charge >= 0.3 is 0 Å². The maximum Gasteiger partial charge on any atom is 0.0343 e. The van der Waals surface area contributed by atoms with Gasteiger partial charge < -0.3 is 5.32 Å². The van der Waals surface area contributed by atoms with Gasteiger partial charge in [0.25, 0.3) is 0 Å². The first-order valence-corrected chi connectivity index (χ1v) is 6.80. The Hall–Kier alpha value is -0.630. The van der Waals surface area contributed by atoms with Gasteiger partial charge in [0.1, 0.15) is 0 Å². The van der Waals surface area contributed by atoms with Gasteiger partial charge in [0.15, 0.2) is 0 Å². The van der Waals surface area contributed by atoms with Crippen molar-refractivity contribution >= 4 is 17.4 Å². The van der Waals surface area contributed by atoms with Crippen LogP contribution in [-0.2, 0) is 0 Å². The van der Waals surface area contributed by atoms with E-state index in [0.29, 0.717) is 12.0 Å². The minimum Gasteiger partial charge on any atom is -0.382 e. The smallest absolute Gasteiger partial charge is 0.0343 e. The minimum absolute atomic E-state index is 0.574. The van der Waals surface area contributed by atoms with Crippen LogP contribution >= 0.6 is 11.8 Å². The van der Waals surface area contributed by atoms with E-state index < -0.39 is 0 Å². The van der Waals surface area contributed by atoms with Crippen molar-refractivity contribution < 1.29 is 0 Å². The Balaban J connectivity index is 2.63. The van der Waals surface area contributed by atoms with Crippen LogP contribution in [0.25, 0.3) is 0 Å². The number of anilines is 1. The Morgan fingerprint density at radius 3 is 2.20 bits per heavy atom. The third kappa shape index (κ3) is 3.78. The summed E-state index contributed by atoms with van der Waals surface area (Å²) in [5.74, 6) is 0.676. The normalized spacial score (nSPS) is 12.9. The van der Waals surface area contributed by atoms with Crippen LogP contribution in [0.1, 0.15) is 27.2 Å². The van der Waals surface area contributed by atoms with Gasteiger partial charge in [-0.1, -0.05) is 20.8 Å². The van der Waals surface area contributed by atoms with E-state index in [1.54, 1.807) is 11.8 Å². The van der Waals surface area contributed by atoms with Crippen molar-refractivity contribution in [2.75, 3.05) is 11.6 Å². The second-order valence-corrected chi connectivity index (χ2v) is 5.01. The zero-order chi connectivity index (χ0) is 11.3. The van der Waals surface area contributed by atoms with Crippen LogP contribution in [0.2, 0.25) is 0 Å². The molecular weight excluding hydrogens is 202 g/mol. The maximum absolute atomic E-state index is 3.57. The first-order valence-electron chi connectivity index (χ1n) is 5.58. The van der Waals surface area contributed by atoms with Crippen LogP contribution in [0.5, 0.6) is 0 Å². The third-order valence-corrected chi connectivity index (χ3v) is 3.43. The number of hydrogen-bond acceptors (Lipinski definition) is 2. The average molecular weight is 223 g/mol. The molecule has 0 spiro atoms. The fourth-order valence-electron chi connectivity index (χ4n) is 1.64. The molecule has 1 nitrogen and oxygen atoms in total. The first kappa shape index (κ1) is 12.4. The van der Waals surface area contributed by atoms with Crippen LogP contribution in [0.15, 0.2) is 29.2 Å². The molecule has 0 saturated heterocycles. The molecule has 15 heavy (non-hydrogen) atoms. The van der Waals surface area contributed by atoms with Crippen molar-refractivity contribution in [3.8, 4) is 0 Å². The lowest BCUT2D eigenvalue weighted by Gasteiger charge is -2.22. The van der Waals surface area contributed by atoms with Gasteiger partial charge in [-0.15, -0.1) is 11.8 Å². The van der Waals surface area contributed by atoms with Crippen molar-refractivity contribution in [2.45, 2.75) is 38.1 Å². The molecule has 0 fully saturated rings. The van der Waals surface area contributed by atoms with Crippen LogP contribution < -0.4 is 5.32 Å². The van der Waals surface area contributed by atoms with Crippen LogP contribution in [0, 0.1) is 5.92 Å². The Kier molecular flexibility index (Phi) is 5.03. The number of rotatable bonds is 5. The van der Waals surface area contributed by atoms with Gasteiger partial charge in [0.05, 0.1) is 0 Å². The summed E-state index contributed by atoms with van der Waals surface area (Å²) in [5, 5.41) is 3.57. The van der Waals surface area contributed by atoms with Gasteiger partial charge in [-0.25, -0.2) is 0 Å². The van der Waals surface area contributed by atoms with Gasteiger partial charge in [0, 0.05) is 16.6 Å². The maximum atomic E-state index is 3.57. The summed E-state index contributed by atoms with van der Waals surface area (Å²) in [6.07, 6.45) is 3.27. The van der Waals surface area contributed by atoms with Gasteiger partial charge in [0.2, 0.25) is 0 Å². The molecule has 0 aliphatic heterocycles. The summed E-state index contributed by atoms with van der Waals surface area (Å²) in [7, 11) is 0. The molecule has 0 aliphatic rings. The molecule has 0 heterocycles. The molecule has 1 unspecified atom stereocenters. The quantitative estimate of drug-likeness (QED) is 0.749. The Morgan fingerprint density at radius 1 is 1.20 bits per heavy atom. The molecule has 0 bridgehead atoms. The Bertz CT molecular complexity index is 279. The average Bonchev–Trinajstić information content (AvgIpc) is 2.26. The summed E-state index contributed by atoms with van der Waals surface area (Å²) in [4.78, 5) is 1.32. The van der Waals surface area contributed by atoms with E-state index in [-0.39, 0.29) is 0 Å². The molecule has 0 aliphatic carbocycles. The number of thioether (sulfide) groups is 1. The first-order chi connectivity index (χ1) is 7.17. The van der Waals surface area contributed by atoms with E-state index in [0.717, 1.165) is 0 Å². The molecule has 1 N–H and O–H groups in total. The fraction of sp³-hybridized carbons (Fsp3) is 0.538. The van der Waals surface area contributed by atoms with E-state index in [2.05, 4.69) is 56.6 Å². The predicted molar refractivity (Wildman–Crippen MR) is 70.8 cm³/mol. The number of hydrogen-bond donors (Lipinski definition) is 1. The van der Waals surface area contributed by atoms with Crippen molar-refractivity contribution in [1.82, 2.24) is 0 Å². The highest BCUT2D eigenvalue weighted by molar-refractivity contribution is 7.98. The van der Waals surface area contributed by atoms with Crippen molar-refractivity contribution in [3.63, 3.8) is 0 Å². The zero-order valence-electron chi connectivity index (χ0n) is 10.1. The van der Waals surface area contributed by atoms with Crippen LogP contribution in [0.4, 0.5) is 5.69 Å². The lowest BCUT2D eigenvalue weighted by atomic mass is 10.0. The van der Waals surface area contributed by atoms with E-state index in [1.807, 2.05) is 0 Å². The summed E-state index contributed by atoms with van der Waals surface area (Å²) >= 11 is 1.78. The molecule has 0 amide bonds. The highest BCUT2D eigenvalue weighted by Gasteiger charge is 2.09. The number of benzene rings is 1. The largest absolute Gasteiger partial charge is 0.382 e. The molecule has 0 saturated carbocycles. The van der Waals surface area contributed by atoms with Crippen molar-refractivity contribution in [1.29, 1.82) is 0 Å². The molecular formula is C13H21NS. The lowest BCUT2D eigenvalue weighted by molar-refractivity contribution is 0.511. The molecule has 0 radical (unpaired) electrons. The SMILES string of the molecule is CCC(Nc1ccc(SC)cc1)C(C)C. The monoisotopic (exact) mass is 223 g/mol. The third-order valence-electron chi connectivity index (χ3n) is 2.69. The van der Waals surface area contributed by atoms with E-state index in [1.165, 1.54) is 17.0 Å². The topological polar surface area (TPSA) is 12.0 Å². The fourth-order valence-corrected chi connectivity index (χ4v) is 2.05. The minimum atomic E-state index is 0.574. The van der Waals surface area contributed by atoms with Crippen LogP contribution in [0.3, 0.4) is 0 Å². The van der Waals surface area contributed by atoms with Gasteiger partial charge in [-0.3, -0.25) is 0 Å². The summed E-state index contributed by atoms with van der Waals surface area (Å²) < 4.78 is 0. The predicted octanol–water partition coefficient (Wildman–Crippen LogP) is 4.26. The Morgan fingerprint density at radius 2 is 1.80 bits per heavy atom. The van der Waals surface area contributed by atoms with Crippen molar-refractivity contribution in [3.05, 3.63) is 24.3 Å². The van der Waals surface area contributed by atoms with E-state index in [9.17, 15) is 0 Å². The molecule has 1 aromatic carbocycles. The second kappa shape index (κ2) is 6.06. The zero-order valence-corrected chi connectivity index (χ0v) is 10.9. The number of nitrogens with one attached hydrogen (secondary N) is 1. The van der Waals surface area contributed by atoms with Crippen LogP contribution in [-0.4, -0.2) is 12.3 Å². The van der Waals surface area contributed by atoms with Crippen molar-refractivity contribution in [2.24, 2.45) is 5.92 Å². The summed E-state index contributed by atoms with van der Waals surface area (Å²) in [5.41, 5.74) is 1.23. The molecule has 2 heteroatoms. The molecule has 1 atom stereocenters. The summed E-state index contributed by atoms with van der Waals surface area (Å²) in [6.45, 7) is 6.75. The Labute approximate surface area is 97.7 Å². The molecule has 84 valence electrons. The standard InChI is InChI=1S/C13H21NS/c1-5-13(10(2)3)14-11-6-8-12(15-4)9-7-11/h6-10,13-14H,5H2,1-4H3. The van der Waals surface area contributed by atoms with Gasteiger partial charge in [-0.2, -0.15) is 0 Å². The molecule has 1 aromatic rings. The van der Waals surface area contributed by atoms with Gasteiger partial charge in [-0.05, 0) is 42.9 Å². The summed E-state index contributed by atoms with van der Waals surface area (Å²) in [6, 6.07) is 9.23. The molecule has 1 rings (SSSR count). The highest BCUT2D eigenvalue weighted by atomic mass is 32.2. The highest BCUT2D eigenvalue weighted by Crippen LogP contribution is 2.19. The molecule has 0 aromatic heterocycles. The van der Waals surface area contributed by atoms with E-state index >= 15 is 0 Å².